The van der Waals surface area contributed by atoms with Gasteiger partial charge in [-0.2, -0.15) is 0 Å². The van der Waals surface area contributed by atoms with E-state index in [4.69, 9.17) is 10.5 Å². The highest BCUT2D eigenvalue weighted by molar-refractivity contribution is 5.57. The third kappa shape index (κ3) is 1.51. The average molecular weight is 218 g/mol. The molecule has 0 bridgehead atoms. The number of anilines is 1. The molecule has 1 aromatic rings. The Kier molecular flexibility index (Phi) is 2.37. The molecule has 3 N–H and O–H groups in total. The van der Waals surface area contributed by atoms with Crippen molar-refractivity contribution in [2.45, 2.75) is 25.4 Å². The summed E-state index contributed by atoms with van der Waals surface area (Å²) < 4.78 is 5.53. The number of fused-ring (bicyclic) bond motifs is 2. The van der Waals surface area contributed by atoms with Crippen LogP contribution in [0.2, 0.25) is 0 Å². The minimum atomic E-state index is 0.113. The van der Waals surface area contributed by atoms with Gasteiger partial charge in [0.1, 0.15) is 0 Å². The van der Waals surface area contributed by atoms with Crippen molar-refractivity contribution in [3.05, 3.63) is 29.3 Å². The Labute approximate surface area is 96.0 Å². The molecule has 0 aromatic heterocycles. The van der Waals surface area contributed by atoms with Gasteiger partial charge in [-0.05, 0) is 30.5 Å². The topological polar surface area (TPSA) is 47.3 Å². The van der Waals surface area contributed by atoms with E-state index in [1.165, 1.54) is 16.8 Å². The Morgan fingerprint density at radius 3 is 3.19 bits per heavy atom. The molecule has 3 unspecified atom stereocenters. The monoisotopic (exact) mass is 218 g/mol. The number of nitrogens with one attached hydrogen (secondary N) is 1. The van der Waals surface area contributed by atoms with Gasteiger partial charge >= 0.3 is 0 Å². The Morgan fingerprint density at radius 1 is 1.44 bits per heavy atom. The zero-order valence-corrected chi connectivity index (χ0v) is 9.57. The van der Waals surface area contributed by atoms with Gasteiger partial charge in [0.2, 0.25) is 0 Å². The van der Waals surface area contributed by atoms with Crippen LogP contribution in [-0.2, 0) is 4.74 Å². The highest BCUT2D eigenvalue weighted by Crippen LogP contribution is 2.38. The summed E-state index contributed by atoms with van der Waals surface area (Å²) in [6.45, 7) is 3.75. The average Bonchev–Trinajstić information content (AvgIpc) is 2.29. The zero-order chi connectivity index (χ0) is 11.1. The minimum Gasteiger partial charge on any atom is -0.382 e. The first-order valence-corrected chi connectivity index (χ1v) is 5.96. The number of rotatable bonds is 0. The van der Waals surface area contributed by atoms with Crippen molar-refractivity contribution in [1.29, 1.82) is 0 Å². The highest BCUT2D eigenvalue weighted by atomic mass is 16.5. The third-order valence-corrected chi connectivity index (χ3v) is 3.77. The standard InChI is InChI=1S/C13H18N2O/c1-8-2-3-9-12(6-8)15-11-4-5-16-7-10(11)13(9)14/h2-3,6,10-11,13,15H,4-5,7,14H2,1H3. The molecule has 86 valence electrons. The molecule has 3 heteroatoms. The van der Waals surface area contributed by atoms with Crippen LogP contribution in [0.5, 0.6) is 0 Å². The number of benzene rings is 1. The van der Waals surface area contributed by atoms with Gasteiger partial charge in [-0.15, -0.1) is 0 Å². The summed E-state index contributed by atoms with van der Waals surface area (Å²) in [6.07, 6.45) is 1.06. The maximum atomic E-state index is 6.33. The van der Waals surface area contributed by atoms with Gasteiger partial charge in [-0.3, -0.25) is 0 Å². The van der Waals surface area contributed by atoms with Crippen molar-refractivity contribution in [2.24, 2.45) is 11.7 Å². The van der Waals surface area contributed by atoms with Crippen molar-refractivity contribution in [2.75, 3.05) is 18.5 Å². The molecule has 3 nitrogen and oxygen atoms in total. The van der Waals surface area contributed by atoms with Gasteiger partial charge in [0.05, 0.1) is 6.61 Å². The Balaban J connectivity index is 1.99. The number of aryl methyl sites for hydroxylation is 1. The molecule has 3 atom stereocenters. The summed E-state index contributed by atoms with van der Waals surface area (Å²) >= 11 is 0. The molecule has 0 spiro atoms. The normalized spacial score (nSPS) is 32.5. The van der Waals surface area contributed by atoms with Gasteiger partial charge in [0, 0.05) is 30.3 Å². The van der Waals surface area contributed by atoms with E-state index in [9.17, 15) is 0 Å². The van der Waals surface area contributed by atoms with Crippen molar-refractivity contribution in [3.63, 3.8) is 0 Å². The Bertz CT molecular complexity index is 405. The molecule has 1 fully saturated rings. The van der Waals surface area contributed by atoms with Gasteiger partial charge < -0.3 is 15.8 Å². The molecular weight excluding hydrogens is 200 g/mol. The number of ether oxygens (including phenoxy) is 1. The summed E-state index contributed by atoms with van der Waals surface area (Å²) in [5.41, 5.74) is 10.1. The fourth-order valence-corrected chi connectivity index (χ4v) is 2.81. The molecule has 2 aliphatic rings. The first-order chi connectivity index (χ1) is 7.75. The van der Waals surface area contributed by atoms with E-state index in [-0.39, 0.29) is 6.04 Å². The van der Waals surface area contributed by atoms with Crippen LogP contribution >= 0.6 is 0 Å². The predicted octanol–water partition coefficient (Wildman–Crippen LogP) is 1.83. The first-order valence-electron chi connectivity index (χ1n) is 5.96. The minimum absolute atomic E-state index is 0.113. The van der Waals surface area contributed by atoms with E-state index in [2.05, 4.69) is 30.4 Å². The fourth-order valence-electron chi connectivity index (χ4n) is 2.81. The summed E-state index contributed by atoms with van der Waals surface area (Å²) in [5.74, 6) is 0.420. The van der Waals surface area contributed by atoms with Gasteiger partial charge in [-0.25, -0.2) is 0 Å². The molecule has 0 amide bonds. The second-order valence-electron chi connectivity index (χ2n) is 4.89. The van der Waals surface area contributed by atoms with Crippen LogP contribution in [0.15, 0.2) is 18.2 Å². The quantitative estimate of drug-likeness (QED) is 0.698. The SMILES string of the molecule is Cc1ccc2c(c1)NC1CCOCC1C2N. The van der Waals surface area contributed by atoms with E-state index in [1.807, 2.05) is 0 Å². The van der Waals surface area contributed by atoms with E-state index in [1.54, 1.807) is 0 Å². The van der Waals surface area contributed by atoms with Crippen LogP contribution in [-0.4, -0.2) is 19.3 Å². The molecule has 2 heterocycles. The largest absolute Gasteiger partial charge is 0.382 e. The van der Waals surface area contributed by atoms with E-state index >= 15 is 0 Å². The maximum absolute atomic E-state index is 6.33. The lowest BCUT2D eigenvalue weighted by Gasteiger charge is -2.41. The second kappa shape index (κ2) is 3.75. The van der Waals surface area contributed by atoms with Crippen LogP contribution in [0.3, 0.4) is 0 Å². The summed E-state index contributed by atoms with van der Waals surface area (Å²) in [6, 6.07) is 7.07. The lowest BCUT2D eigenvalue weighted by atomic mass is 9.81. The summed E-state index contributed by atoms with van der Waals surface area (Å²) in [4.78, 5) is 0. The predicted molar refractivity (Wildman–Crippen MR) is 64.4 cm³/mol. The van der Waals surface area contributed by atoms with Crippen LogP contribution in [0.1, 0.15) is 23.6 Å². The molecule has 0 saturated carbocycles. The molecule has 2 aliphatic heterocycles. The van der Waals surface area contributed by atoms with Crippen molar-refractivity contribution >= 4 is 5.69 Å². The molecule has 1 aromatic carbocycles. The molecule has 0 radical (unpaired) electrons. The van der Waals surface area contributed by atoms with Crippen LogP contribution in [0, 0.1) is 12.8 Å². The molecule has 1 saturated heterocycles. The van der Waals surface area contributed by atoms with Crippen molar-refractivity contribution in [1.82, 2.24) is 0 Å². The number of nitrogens with two attached hydrogens (primary N) is 1. The summed E-state index contributed by atoms with van der Waals surface area (Å²) in [7, 11) is 0. The van der Waals surface area contributed by atoms with E-state index < -0.39 is 0 Å². The Hall–Kier alpha value is -1.06. The molecule has 16 heavy (non-hydrogen) atoms. The smallest absolute Gasteiger partial charge is 0.0532 e. The molecular formula is C13H18N2O. The first kappa shape index (κ1) is 10.1. The van der Waals surface area contributed by atoms with Gasteiger partial charge in [0.25, 0.3) is 0 Å². The zero-order valence-electron chi connectivity index (χ0n) is 9.57. The highest BCUT2D eigenvalue weighted by Gasteiger charge is 2.36. The lowest BCUT2D eigenvalue weighted by Crippen LogP contribution is -2.46. The molecule has 3 rings (SSSR count). The fraction of sp³-hybridized carbons (Fsp3) is 0.538. The van der Waals surface area contributed by atoms with Crippen molar-refractivity contribution < 1.29 is 4.74 Å². The van der Waals surface area contributed by atoms with Crippen LogP contribution in [0.4, 0.5) is 5.69 Å². The lowest BCUT2D eigenvalue weighted by molar-refractivity contribution is 0.0342. The maximum Gasteiger partial charge on any atom is 0.0532 e. The van der Waals surface area contributed by atoms with E-state index in [0.717, 1.165) is 19.6 Å². The molecule has 0 aliphatic carbocycles. The number of hydrogen-bond donors (Lipinski definition) is 2. The van der Waals surface area contributed by atoms with E-state index in [0.29, 0.717) is 12.0 Å². The van der Waals surface area contributed by atoms with Gasteiger partial charge in [-0.1, -0.05) is 12.1 Å². The second-order valence-corrected chi connectivity index (χ2v) is 4.89. The van der Waals surface area contributed by atoms with Gasteiger partial charge in [0.15, 0.2) is 0 Å². The summed E-state index contributed by atoms with van der Waals surface area (Å²) in [5, 5.41) is 3.61. The van der Waals surface area contributed by atoms with Crippen LogP contribution < -0.4 is 11.1 Å². The Morgan fingerprint density at radius 2 is 2.31 bits per heavy atom. The van der Waals surface area contributed by atoms with Crippen molar-refractivity contribution in [3.8, 4) is 0 Å². The number of hydrogen-bond acceptors (Lipinski definition) is 3. The van der Waals surface area contributed by atoms with Crippen LogP contribution in [0.25, 0.3) is 0 Å². The third-order valence-electron chi connectivity index (χ3n) is 3.77.